The summed E-state index contributed by atoms with van der Waals surface area (Å²) < 4.78 is 7.85. The van der Waals surface area contributed by atoms with E-state index in [9.17, 15) is 4.79 Å². The van der Waals surface area contributed by atoms with Crippen LogP contribution in [0.5, 0.6) is 0 Å². The standard InChI is InChI=1S/C18H16BrClN2O2S/c1-24-9-8-22-17(23)14-7-6-13(20)10-16(14)21-18(22)25-11-12-4-2-3-5-15(12)19/h2-7,10H,8-9,11H2,1H3. The van der Waals surface area contributed by atoms with Crippen LogP contribution in [-0.4, -0.2) is 23.3 Å². The minimum atomic E-state index is -0.0756. The third kappa shape index (κ3) is 4.26. The van der Waals surface area contributed by atoms with Crippen LogP contribution in [0.3, 0.4) is 0 Å². The van der Waals surface area contributed by atoms with Crippen LogP contribution in [0.1, 0.15) is 5.56 Å². The third-order valence-electron chi connectivity index (χ3n) is 3.72. The van der Waals surface area contributed by atoms with E-state index in [-0.39, 0.29) is 5.56 Å². The molecule has 0 radical (unpaired) electrons. The first kappa shape index (κ1) is 18.5. The van der Waals surface area contributed by atoms with Gasteiger partial charge >= 0.3 is 0 Å². The van der Waals surface area contributed by atoms with Crippen molar-refractivity contribution in [2.24, 2.45) is 0 Å². The summed E-state index contributed by atoms with van der Waals surface area (Å²) in [6, 6.07) is 13.2. The van der Waals surface area contributed by atoms with E-state index in [4.69, 9.17) is 16.3 Å². The number of rotatable bonds is 6. The maximum atomic E-state index is 12.8. The van der Waals surface area contributed by atoms with Gasteiger partial charge < -0.3 is 4.74 Å². The van der Waals surface area contributed by atoms with Crippen LogP contribution >= 0.6 is 39.3 Å². The monoisotopic (exact) mass is 438 g/mol. The predicted molar refractivity (Wildman–Crippen MR) is 107 cm³/mol. The smallest absolute Gasteiger partial charge is 0.262 e. The molecule has 0 spiro atoms. The maximum absolute atomic E-state index is 12.8. The molecule has 0 aliphatic rings. The molecule has 0 saturated carbocycles. The van der Waals surface area contributed by atoms with Crippen molar-refractivity contribution in [3.05, 3.63) is 67.9 Å². The number of hydrogen-bond donors (Lipinski definition) is 0. The van der Waals surface area contributed by atoms with Gasteiger partial charge in [0.05, 0.1) is 24.1 Å². The van der Waals surface area contributed by atoms with Crippen LogP contribution in [0.4, 0.5) is 0 Å². The Morgan fingerprint density at radius 3 is 2.84 bits per heavy atom. The number of methoxy groups -OCH3 is 1. The van der Waals surface area contributed by atoms with Gasteiger partial charge in [0.1, 0.15) is 0 Å². The molecule has 3 aromatic rings. The SMILES string of the molecule is COCCn1c(SCc2ccccc2Br)nc2cc(Cl)ccc2c1=O. The molecule has 1 aromatic heterocycles. The van der Waals surface area contributed by atoms with Crippen LogP contribution in [-0.2, 0) is 17.0 Å². The van der Waals surface area contributed by atoms with Crippen LogP contribution < -0.4 is 5.56 Å². The molecule has 0 aliphatic carbocycles. The summed E-state index contributed by atoms with van der Waals surface area (Å²) in [6.45, 7) is 0.905. The molecule has 0 saturated heterocycles. The molecule has 0 N–H and O–H groups in total. The fraction of sp³-hybridized carbons (Fsp3) is 0.222. The maximum Gasteiger partial charge on any atom is 0.262 e. The fourth-order valence-electron chi connectivity index (χ4n) is 2.42. The van der Waals surface area contributed by atoms with Gasteiger partial charge in [0.15, 0.2) is 5.16 Å². The van der Waals surface area contributed by atoms with Gasteiger partial charge in [-0.05, 0) is 29.8 Å². The Morgan fingerprint density at radius 2 is 2.08 bits per heavy atom. The molecule has 0 aliphatic heterocycles. The van der Waals surface area contributed by atoms with E-state index in [2.05, 4.69) is 20.9 Å². The second-order valence-corrected chi connectivity index (χ2v) is 7.62. The number of thioether (sulfide) groups is 1. The van der Waals surface area contributed by atoms with Crippen molar-refractivity contribution in [3.8, 4) is 0 Å². The van der Waals surface area contributed by atoms with Gasteiger partial charge in [0, 0.05) is 22.4 Å². The molecule has 0 atom stereocenters. The highest BCUT2D eigenvalue weighted by Crippen LogP contribution is 2.26. The highest BCUT2D eigenvalue weighted by Gasteiger charge is 2.12. The Bertz CT molecular complexity index is 961. The van der Waals surface area contributed by atoms with Gasteiger partial charge in [-0.3, -0.25) is 9.36 Å². The zero-order chi connectivity index (χ0) is 17.8. The van der Waals surface area contributed by atoms with E-state index in [1.165, 1.54) is 11.8 Å². The molecule has 1 heterocycles. The number of nitrogens with zero attached hydrogens (tertiary/aromatic N) is 2. The van der Waals surface area contributed by atoms with Crippen LogP contribution in [0.2, 0.25) is 5.02 Å². The summed E-state index contributed by atoms with van der Waals surface area (Å²) in [5, 5.41) is 1.79. The van der Waals surface area contributed by atoms with Crippen molar-refractivity contribution in [1.29, 1.82) is 0 Å². The largest absolute Gasteiger partial charge is 0.383 e. The summed E-state index contributed by atoms with van der Waals surface area (Å²) in [5.41, 5.74) is 1.68. The van der Waals surface area contributed by atoms with E-state index >= 15 is 0 Å². The molecule has 25 heavy (non-hydrogen) atoms. The van der Waals surface area contributed by atoms with Crippen molar-refractivity contribution in [3.63, 3.8) is 0 Å². The van der Waals surface area contributed by atoms with Gasteiger partial charge in [0.2, 0.25) is 0 Å². The van der Waals surface area contributed by atoms with E-state index in [1.807, 2.05) is 24.3 Å². The highest BCUT2D eigenvalue weighted by atomic mass is 79.9. The lowest BCUT2D eigenvalue weighted by atomic mass is 10.2. The zero-order valence-electron chi connectivity index (χ0n) is 13.5. The second-order valence-electron chi connectivity index (χ2n) is 5.39. The molecule has 0 unspecified atom stereocenters. The van der Waals surface area contributed by atoms with Gasteiger partial charge in [-0.2, -0.15) is 0 Å². The Kier molecular flexibility index (Phi) is 6.17. The van der Waals surface area contributed by atoms with Gasteiger partial charge in [-0.25, -0.2) is 4.98 Å². The number of aromatic nitrogens is 2. The van der Waals surface area contributed by atoms with Crippen molar-refractivity contribution < 1.29 is 4.74 Å². The zero-order valence-corrected chi connectivity index (χ0v) is 16.7. The average Bonchev–Trinajstić information content (AvgIpc) is 2.60. The second kappa shape index (κ2) is 8.36. The Hall–Kier alpha value is -1.34. The van der Waals surface area contributed by atoms with Crippen molar-refractivity contribution in [1.82, 2.24) is 9.55 Å². The Labute approximate surface area is 163 Å². The molecule has 0 fully saturated rings. The minimum Gasteiger partial charge on any atom is -0.383 e. The summed E-state index contributed by atoms with van der Waals surface area (Å²) in [7, 11) is 1.62. The van der Waals surface area contributed by atoms with Gasteiger partial charge in [-0.1, -0.05) is 57.5 Å². The minimum absolute atomic E-state index is 0.0756. The molecule has 7 heteroatoms. The van der Waals surface area contributed by atoms with E-state index in [0.717, 1.165) is 10.0 Å². The lowest BCUT2D eigenvalue weighted by Gasteiger charge is -2.13. The van der Waals surface area contributed by atoms with E-state index < -0.39 is 0 Å². The molecule has 0 bridgehead atoms. The summed E-state index contributed by atoms with van der Waals surface area (Å²) in [6.07, 6.45) is 0. The molecular weight excluding hydrogens is 424 g/mol. The first-order valence-electron chi connectivity index (χ1n) is 7.65. The first-order valence-corrected chi connectivity index (χ1v) is 9.81. The highest BCUT2D eigenvalue weighted by molar-refractivity contribution is 9.10. The number of benzene rings is 2. The van der Waals surface area contributed by atoms with Crippen molar-refractivity contribution in [2.75, 3.05) is 13.7 Å². The Balaban J connectivity index is 2.01. The first-order chi connectivity index (χ1) is 12.1. The molecular formula is C18H16BrClN2O2S. The molecule has 0 amide bonds. The van der Waals surface area contributed by atoms with Gasteiger partial charge in [-0.15, -0.1) is 0 Å². The quantitative estimate of drug-likeness (QED) is 0.411. The van der Waals surface area contributed by atoms with Crippen molar-refractivity contribution in [2.45, 2.75) is 17.5 Å². The summed E-state index contributed by atoms with van der Waals surface area (Å²) in [4.78, 5) is 17.5. The third-order valence-corrected chi connectivity index (χ3v) is 5.75. The number of fused-ring (bicyclic) bond motifs is 1. The lowest BCUT2D eigenvalue weighted by molar-refractivity contribution is 0.183. The molecule has 2 aromatic carbocycles. The van der Waals surface area contributed by atoms with E-state index in [1.54, 1.807) is 29.9 Å². The summed E-state index contributed by atoms with van der Waals surface area (Å²) >= 11 is 11.1. The lowest BCUT2D eigenvalue weighted by Crippen LogP contribution is -2.25. The number of halogens is 2. The number of hydrogen-bond acceptors (Lipinski definition) is 4. The topological polar surface area (TPSA) is 44.1 Å². The molecule has 4 nitrogen and oxygen atoms in total. The predicted octanol–water partition coefficient (Wildman–Crippen LogP) is 4.75. The van der Waals surface area contributed by atoms with Crippen LogP contribution in [0, 0.1) is 0 Å². The number of ether oxygens (including phenoxy) is 1. The molecule has 130 valence electrons. The fourth-order valence-corrected chi connectivity index (χ4v) is 4.23. The Morgan fingerprint density at radius 1 is 1.28 bits per heavy atom. The van der Waals surface area contributed by atoms with E-state index in [0.29, 0.717) is 40.0 Å². The van der Waals surface area contributed by atoms with Crippen LogP contribution in [0.25, 0.3) is 10.9 Å². The summed E-state index contributed by atoms with van der Waals surface area (Å²) in [5.74, 6) is 0.701. The molecule has 3 rings (SSSR count). The average molecular weight is 440 g/mol. The van der Waals surface area contributed by atoms with Gasteiger partial charge in [0.25, 0.3) is 5.56 Å². The van der Waals surface area contributed by atoms with Crippen LogP contribution in [0.15, 0.2) is 56.9 Å². The van der Waals surface area contributed by atoms with Crippen molar-refractivity contribution >= 4 is 50.2 Å². The normalized spacial score (nSPS) is 11.2.